The van der Waals surface area contributed by atoms with Crippen LogP contribution in [0.2, 0.25) is 0 Å². The fraction of sp³-hybridized carbons (Fsp3) is 0.438. The van der Waals surface area contributed by atoms with Crippen LogP contribution in [0.4, 0.5) is 0 Å². The van der Waals surface area contributed by atoms with E-state index in [1.165, 1.54) is 23.8 Å². The molecule has 1 aliphatic carbocycles. The van der Waals surface area contributed by atoms with Crippen LogP contribution in [0.3, 0.4) is 0 Å². The van der Waals surface area contributed by atoms with Crippen LogP contribution in [-0.4, -0.2) is 16.7 Å². The second-order valence-electron chi connectivity index (χ2n) is 5.32. The number of para-hydroxylation sites is 1. The number of hydrogen-bond donors (Lipinski definition) is 1. The molecule has 0 radical (unpaired) electrons. The molecule has 94 valence electrons. The van der Waals surface area contributed by atoms with Gasteiger partial charge >= 0.3 is 0 Å². The highest BCUT2D eigenvalue weighted by Crippen LogP contribution is 2.37. The van der Waals surface area contributed by atoms with Crippen molar-refractivity contribution in [3.63, 3.8) is 0 Å². The summed E-state index contributed by atoms with van der Waals surface area (Å²) in [5.41, 5.74) is 2.54. The summed E-state index contributed by atoms with van der Waals surface area (Å²) < 4.78 is 0. The maximum Gasteiger partial charge on any atom is 0.0704 e. The molecule has 18 heavy (non-hydrogen) atoms. The lowest BCUT2D eigenvalue weighted by Crippen LogP contribution is -2.16. The first-order valence-electron chi connectivity index (χ1n) is 6.83. The minimum absolute atomic E-state index is 0.351. The van der Waals surface area contributed by atoms with Gasteiger partial charge in [0.15, 0.2) is 0 Å². The molecular weight excluding hydrogens is 222 g/mol. The third kappa shape index (κ3) is 2.13. The highest BCUT2D eigenvalue weighted by Gasteiger charge is 2.22. The smallest absolute Gasteiger partial charge is 0.0704 e. The molecule has 1 heterocycles. The number of nitrogens with zero attached hydrogens (tertiary/aromatic N) is 1. The Morgan fingerprint density at radius 2 is 1.83 bits per heavy atom. The van der Waals surface area contributed by atoms with Crippen molar-refractivity contribution in [3.8, 4) is 0 Å². The molecule has 1 aliphatic rings. The predicted molar refractivity (Wildman–Crippen MR) is 73.5 cm³/mol. The number of benzene rings is 1. The van der Waals surface area contributed by atoms with Crippen molar-refractivity contribution in [2.24, 2.45) is 5.92 Å². The van der Waals surface area contributed by atoms with Gasteiger partial charge in [-0.25, -0.2) is 0 Å². The molecular formula is C16H19NO. The highest BCUT2D eigenvalue weighted by atomic mass is 16.3. The van der Waals surface area contributed by atoms with Gasteiger partial charge in [-0.05, 0) is 55.2 Å². The SMILES string of the molecule is OC[C@H]1CC[C@H](c2ccnc3ccccc32)CC1. The number of rotatable bonds is 2. The Kier molecular flexibility index (Phi) is 3.28. The first-order chi connectivity index (χ1) is 8.88. The van der Waals surface area contributed by atoms with Crippen LogP contribution in [0, 0.1) is 5.92 Å². The summed E-state index contributed by atoms with van der Waals surface area (Å²) in [6.45, 7) is 0.351. The topological polar surface area (TPSA) is 33.1 Å². The number of fused-ring (bicyclic) bond motifs is 1. The van der Waals surface area contributed by atoms with Gasteiger partial charge in [-0.1, -0.05) is 18.2 Å². The molecule has 0 saturated heterocycles. The van der Waals surface area contributed by atoms with Gasteiger partial charge in [-0.2, -0.15) is 0 Å². The molecule has 1 fully saturated rings. The molecule has 0 atom stereocenters. The molecule has 0 bridgehead atoms. The summed E-state index contributed by atoms with van der Waals surface area (Å²) in [5.74, 6) is 1.16. The van der Waals surface area contributed by atoms with E-state index in [2.05, 4.69) is 29.2 Å². The lowest BCUT2D eigenvalue weighted by molar-refractivity contribution is 0.182. The van der Waals surface area contributed by atoms with E-state index in [9.17, 15) is 5.11 Å². The lowest BCUT2D eigenvalue weighted by atomic mass is 9.78. The minimum Gasteiger partial charge on any atom is -0.396 e. The third-order valence-electron chi connectivity index (χ3n) is 4.23. The first-order valence-corrected chi connectivity index (χ1v) is 6.83. The van der Waals surface area contributed by atoms with Crippen LogP contribution in [0.25, 0.3) is 10.9 Å². The molecule has 2 heteroatoms. The normalized spacial score (nSPS) is 24.3. The molecule has 1 N–H and O–H groups in total. The molecule has 1 aromatic heterocycles. The maximum atomic E-state index is 9.21. The summed E-state index contributed by atoms with van der Waals surface area (Å²) in [6.07, 6.45) is 6.61. The monoisotopic (exact) mass is 241 g/mol. The Labute approximate surface area is 108 Å². The van der Waals surface area contributed by atoms with Crippen LogP contribution in [0.15, 0.2) is 36.5 Å². The van der Waals surface area contributed by atoms with Gasteiger partial charge in [0.05, 0.1) is 5.52 Å². The lowest BCUT2D eigenvalue weighted by Gasteiger charge is -2.28. The van der Waals surface area contributed by atoms with Gasteiger partial charge in [0.25, 0.3) is 0 Å². The molecule has 2 nitrogen and oxygen atoms in total. The third-order valence-corrected chi connectivity index (χ3v) is 4.23. The van der Waals surface area contributed by atoms with Crippen molar-refractivity contribution in [1.29, 1.82) is 0 Å². The molecule has 0 spiro atoms. The largest absolute Gasteiger partial charge is 0.396 e. The van der Waals surface area contributed by atoms with E-state index in [-0.39, 0.29) is 0 Å². The fourth-order valence-corrected chi connectivity index (χ4v) is 3.13. The molecule has 1 saturated carbocycles. The average Bonchev–Trinajstić information content (AvgIpc) is 2.47. The van der Waals surface area contributed by atoms with E-state index in [1.807, 2.05) is 12.3 Å². The van der Waals surface area contributed by atoms with Crippen LogP contribution < -0.4 is 0 Å². The van der Waals surface area contributed by atoms with E-state index in [0.29, 0.717) is 18.4 Å². The van der Waals surface area contributed by atoms with Crippen molar-refractivity contribution in [3.05, 3.63) is 42.1 Å². The van der Waals surface area contributed by atoms with Gasteiger partial charge in [-0.15, -0.1) is 0 Å². The molecule has 0 aliphatic heterocycles. The zero-order valence-electron chi connectivity index (χ0n) is 10.5. The number of hydrogen-bond acceptors (Lipinski definition) is 2. The number of aliphatic hydroxyl groups excluding tert-OH is 1. The van der Waals surface area contributed by atoms with Gasteiger partial charge in [-0.3, -0.25) is 4.98 Å². The zero-order valence-corrected chi connectivity index (χ0v) is 10.5. The van der Waals surface area contributed by atoms with Crippen LogP contribution >= 0.6 is 0 Å². The van der Waals surface area contributed by atoms with Gasteiger partial charge in [0, 0.05) is 18.2 Å². The summed E-state index contributed by atoms with van der Waals surface area (Å²) in [5, 5.41) is 10.5. The number of aliphatic hydroxyl groups is 1. The molecule has 1 aromatic carbocycles. The first kappa shape index (κ1) is 11.7. The Balaban J connectivity index is 1.91. The summed E-state index contributed by atoms with van der Waals surface area (Å²) in [6, 6.07) is 10.6. The second-order valence-corrected chi connectivity index (χ2v) is 5.32. The summed E-state index contributed by atoms with van der Waals surface area (Å²) in [4.78, 5) is 4.43. The average molecular weight is 241 g/mol. The van der Waals surface area contributed by atoms with Crippen LogP contribution in [-0.2, 0) is 0 Å². The number of pyridine rings is 1. The quantitative estimate of drug-likeness (QED) is 0.873. The number of aromatic nitrogens is 1. The van der Waals surface area contributed by atoms with E-state index in [0.717, 1.165) is 18.4 Å². The maximum absolute atomic E-state index is 9.21. The van der Waals surface area contributed by atoms with E-state index >= 15 is 0 Å². The van der Waals surface area contributed by atoms with Crippen LogP contribution in [0.1, 0.15) is 37.2 Å². The Bertz CT molecular complexity index is 524. The van der Waals surface area contributed by atoms with Crippen molar-refractivity contribution >= 4 is 10.9 Å². The molecule has 0 unspecified atom stereocenters. The second kappa shape index (κ2) is 5.07. The molecule has 3 rings (SSSR count). The molecule has 0 amide bonds. The van der Waals surface area contributed by atoms with Crippen molar-refractivity contribution in [2.45, 2.75) is 31.6 Å². The minimum atomic E-state index is 0.351. The van der Waals surface area contributed by atoms with Crippen molar-refractivity contribution < 1.29 is 5.11 Å². The Morgan fingerprint density at radius 3 is 2.61 bits per heavy atom. The van der Waals surface area contributed by atoms with Gasteiger partial charge in [0.1, 0.15) is 0 Å². The fourth-order valence-electron chi connectivity index (χ4n) is 3.13. The predicted octanol–water partition coefficient (Wildman–Crippen LogP) is 3.50. The van der Waals surface area contributed by atoms with E-state index in [4.69, 9.17) is 0 Å². The zero-order chi connectivity index (χ0) is 12.4. The summed E-state index contributed by atoms with van der Waals surface area (Å²) in [7, 11) is 0. The van der Waals surface area contributed by atoms with Gasteiger partial charge < -0.3 is 5.11 Å². The highest BCUT2D eigenvalue weighted by molar-refractivity contribution is 5.82. The van der Waals surface area contributed by atoms with Gasteiger partial charge in [0.2, 0.25) is 0 Å². The Hall–Kier alpha value is -1.41. The van der Waals surface area contributed by atoms with Crippen molar-refractivity contribution in [2.75, 3.05) is 6.61 Å². The Morgan fingerprint density at radius 1 is 1.06 bits per heavy atom. The van der Waals surface area contributed by atoms with Crippen molar-refractivity contribution in [1.82, 2.24) is 4.98 Å². The van der Waals surface area contributed by atoms with E-state index in [1.54, 1.807) is 0 Å². The molecule has 2 aromatic rings. The summed E-state index contributed by atoms with van der Waals surface area (Å²) >= 11 is 0. The van der Waals surface area contributed by atoms with Crippen LogP contribution in [0.5, 0.6) is 0 Å². The standard InChI is InChI=1S/C16H19NO/c18-11-12-5-7-13(8-6-12)14-9-10-17-16-4-2-1-3-15(14)16/h1-4,9-10,12-13,18H,5-8,11H2/t12-,13-. The van der Waals surface area contributed by atoms with E-state index < -0.39 is 0 Å².